The monoisotopic (exact) mass is 318 g/mol. The summed E-state index contributed by atoms with van der Waals surface area (Å²) >= 11 is 0. The van der Waals surface area contributed by atoms with Crippen molar-refractivity contribution in [2.45, 2.75) is 37.5 Å². The zero-order chi connectivity index (χ0) is 16.0. The van der Waals surface area contributed by atoms with Crippen molar-refractivity contribution in [3.63, 3.8) is 0 Å². The average molecular weight is 318 g/mol. The van der Waals surface area contributed by atoms with Crippen LogP contribution in [0.25, 0.3) is 0 Å². The van der Waals surface area contributed by atoms with Gasteiger partial charge in [-0.2, -0.15) is 0 Å². The Bertz CT molecular complexity index is 774. The number of Topliss-reactive ketones (excluding diaryl/α,β-unsaturated/α-hetero) is 2. The average Bonchev–Trinajstić information content (AvgIpc) is 2.80. The normalized spacial score (nSPS) is 25.5. The van der Waals surface area contributed by atoms with Crippen LogP contribution in [0.1, 0.15) is 32.6 Å². The third-order valence-corrected chi connectivity index (χ3v) is 6.53. The topological polar surface area (TPSA) is 68.3 Å². The highest BCUT2D eigenvalue weighted by Gasteiger charge is 2.47. The lowest BCUT2D eigenvalue weighted by molar-refractivity contribution is -0.125. The molecule has 116 valence electrons. The second kappa shape index (κ2) is 5.16. The van der Waals surface area contributed by atoms with Gasteiger partial charge in [-0.15, -0.1) is 0 Å². The molecular formula is C17H18O4S. The largest absolute Gasteiger partial charge is 0.299 e. The fourth-order valence-electron chi connectivity index (χ4n) is 3.48. The van der Waals surface area contributed by atoms with Gasteiger partial charge in [0, 0.05) is 23.8 Å². The number of rotatable bonds is 3. The summed E-state index contributed by atoms with van der Waals surface area (Å²) in [6, 6.07) is 8.15. The van der Waals surface area contributed by atoms with Crippen molar-refractivity contribution in [3.8, 4) is 0 Å². The summed E-state index contributed by atoms with van der Waals surface area (Å²) in [6.07, 6.45) is 1.69. The van der Waals surface area contributed by atoms with Crippen LogP contribution in [0, 0.1) is 5.41 Å². The van der Waals surface area contributed by atoms with Gasteiger partial charge in [-0.25, -0.2) is 8.42 Å². The molecule has 0 bridgehead atoms. The summed E-state index contributed by atoms with van der Waals surface area (Å²) in [5, 5.41) is 0. The second-order valence-corrected chi connectivity index (χ2v) is 8.20. The standard InChI is InChI=1S/C17H18O4S/c1-17-10-9-15(18)13(14(17)7-8-16(17)19)11-22(20,21)12-5-3-2-4-6-12/h2-6H,7-11H2,1H3/t17-/m0/s1. The van der Waals surface area contributed by atoms with E-state index in [2.05, 4.69) is 0 Å². The number of hydrogen-bond acceptors (Lipinski definition) is 4. The van der Waals surface area contributed by atoms with Gasteiger partial charge in [-0.3, -0.25) is 9.59 Å². The minimum atomic E-state index is -3.57. The number of carbonyl (C=O) groups excluding carboxylic acids is 2. The lowest BCUT2D eigenvalue weighted by atomic mass is 9.72. The first-order valence-corrected chi connectivity index (χ1v) is 9.07. The van der Waals surface area contributed by atoms with E-state index in [1.165, 1.54) is 12.1 Å². The molecule has 0 aromatic heterocycles. The van der Waals surface area contributed by atoms with Gasteiger partial charge < -0.3 is 0 Å². The van der Waals surface area contributed by atoms with Crippen molar-refractivity contribution in [2.75, 3.05) is 5.75 Å². The van der Waals surface area contributed by atoms with Crippen LogP contribution in [0.4, 0.5) is 0 Å². The summed E-state index contributed by atoms with van der Waals surface area (Å²) in [5.41, 5.74) is 0.479. The lowest BCUT2D eigenvalue weighted by Gasteiger charge is -2.31. The smallest absolute Gasteiger partial charge is 0.182 e. The highest BCUT2D eigenvalue weighted by atomic mass is 32.2. The maximum absolute atomic E-state index is 12.5. The summed E-state index contributed by atoms with van der Waals surface area (Å²) in [7, 11) is -3.57. The Balaban J connectivity index is 2.04. The van der Waals surface area contributed by atoms with Crippen molar-refractivity contribution in [1.82, 2.24) is 0 Å². The molecule has 4 nitrogen and oxygen atoms in total. The molecule has 0 saturated heterocycles. The van der Waals surface area contributed by atoms with E-state index in [0.29, 0.717) is 24.8 Å². The molecule has 0 amide bonds. The Labute approximate surface area is 130 Å². The molecule has 1 saturated carbocycles. The van der Waals surface area contributed by atoms with Crippen molar-refractivity contribution in [3.05, 3.63) is 41.5 Å². The van der Waals surface area contributed by atoms with E-state index >= 15 is 0 Å². The molecule has 3 rings (SSSR count). The summed E-state index contributed by atoms with van der Waals surface area (Å²) in [4.78, 5) is 24.6. The van der Waals surface area contributed by atoms with Crippen molar-refractivity contribution < 1.29 is 18.0 Å². The fraction of sp³-hybridized carbons (Fsp3) is 0.412. The van der Waals surface area contributed by atoms with Crippen LogP contribution in [-0.2, 0) is 19.4 Å². The number of carbonyl (C=O) groups is 2. The third kappa shape index (κ3) is 2.33. The van der Waals surface area contributed by atoms with Crippen molar-refractivity contribution in [2.24, 2.45) is 5.41 Å². The van der Waals surface area contributed by atoms with E-state index in [-0.39, 0.29) is 28.6 Å². The highest BCUT2D eigenvalue weighted by molar-refractivity contribution is 7.91. The Hall–Kier alpha value is -1.75. The SMILES string of the molecule is C[C@]12CCC(=O)C(CS(=O)(=O)c3ccccc3)=C1CCC2=O. The number of allylic oxidation sites excluding steroid dienone is 1. The molecule has 1 fully saturated rings. The molecule has 2 aliphatic rings. The Morgan fingerprint density at radius 1 is 1.05 bits per heavy atom. The molecule has 1 aromatic rings. The third-order valence-electron chi connectivity index (χ3n) is 4.87. The lowest BCUT2D eigenvalue weighted by Crippen LogP contribution is -2.32. The van der Waals surface area contributed by atoms with Crippen LogP contribution in [0.2, 0.25) is 0 Å². The van der Waals surface area contributed by atoms with Gasteiger partial charge in [0.05, 0.1) is 10.6 Å². The molecule has 2 aliphatic carbocycles. The van der Waals surface area contributed by atoms with Gasteiger partial charge in [0.15, 0.2) is 15.6 Å². The maximum Gasteiger partial charge on any atom is 0.182 e. The quantitative estimate of drug-likeness (QED) is 0.858. The fourth-order valence-corrected chi connectivity index (χ4v) is 4.94. The molecule has 1 aromatic carbocycles. The molecule has 1 atom stereocenters. The number of fused-ring (bicyclic) bond motifs is 1. The molecule has 0 radical (unpaired) electrons. The molecule has 0 unspecified atom stereocenters. The number of hydrogen-bond donors (Lipinski definition) is 0. The van der Waals surface area contributed by atoms with E-state index in [0.717, 1.165) is 5.57 Å². The highest BCUT2D eigenvalue weighted by Crippen LogP contribution is 2.48. The van der Waals surface area contributed by atoms with Crippen LogP contribution in [0.5, 0.6) is 0 Å². The second-order valence-electron chi connectivity index (χ2n) is 6.21. The molecule has 0 N–H and O–H groups in total. The van der Waals surface area contributed by atoms with Crippen LogP contribution >= 0.6 is 0 Å². The van der Waals surface area contributed by atoms with Crippen LogP contribution < -0.4 is 0 Å². The van der Waals surface area contributed by atoms with Gasteiger partial charge in [0.2, 0.25) is 0 Å². The van der Waals surface area contributed by atoms with Crippen LogP contribution in [-0.4, -0.2) is 25.7 Å². The van der Waals surface area contributed by atoms with E-state index in [1.807, 2.05) is 6.92 Å². The first-order valence-electron chi connectivity index (χ1n) is 7.41. The predicted molar refractivity (Wildman–Crippen MR) is 82.1 cm³/mol. The number of ketones is 2. The minimum Gasteiger partial charge on any atom is -0.299 e. The molecule has 0 spiro atoms. The Kier molecular flexibility index (Phi) is 3.56. The summed E-state index contributed by atoms with van der Waals surface area (Å²) in [6.45, 7) is 1.85. The molecule has 0 heterocycles. The van der Waals surface area contributed by atoms with Gasteiger partial charge in [-0.05, 0) is 37.5 Å². The first-order chi connectivity index (χ1) is 10.3. The molecular weight excluding hydrogens is 300 g/mol. The number of sulfone groups is 1. The van der Waals surface area contributed by atoms with Crippen molar-refractivity contribution >= 4 is 21.4 Å². The molecule has 0 aliphatic heterocycles. The Morgan fingerprint density at radius 3 is 2.41 bits per heavy atom. The van der Waals surface area contributed by atoms with Crippen LogP contribution in [0.15, 0.2) is 46.4 Å². The van der Waals surface area contributed by atoms with Gasteiger partial charge in [0.1, 0.15) is 5.78 Å². The predicted octanol–water partition coefficient (Wildman–Crippen LogP) is 2.49. The van der Waals surface area contributed by atoms with Crippen molar-refractivity contribution in [1.29, 1.82) is 0 Å². The van der Waals surface area contributed by atoms with E-state index in [4.69, 9.17) is 0 Å². The maximum atomic E-state index is 12.5. The zero-order valence-corrected chi connectivity index (χ0v) is 13.3. The van der Waals surface area contributed by atoms with Gasteiger partial charge in [-0.1, -0.05) is 18.2 Å². The Morgan fingerprint density at radius 2 is 1.73 bits per heavy atom. The zero-order valence-electron chi connectivity index (χ0n) is 12.5. The summed E-state index contributed by atoms with van der Waals surface area (Å²) < 4.78 is 25.1. The first kappa shape index (κ1) is 15.2. The van der Waals surface area contributed by atoms with E-state index in [1.54, 1.807) is 18.2 Å². The van der Waals surface area contributed by atoms with Gasteiger partial charge >= 0.3 is 0 Å². The van der Waals surface area contributed by atoms with E-state index in [9.17, 15) is 18.0 Å². The van der Waals surface area contributed by atoms with Crippen LogP contribution in [0.3, 0.4) is 0 Å². The van der Waals surface area contributed by atoms with Gasteiger partial charge in [0.25, 0.3) is 0 Å². The number of benzene rings is 1. The minimum absolute atomic E-state index is 0.123. The van der Waals surface area contributed by atoms with E-state index < -0.39 is 15.3 Å². The molecule has 22 heavy (non-hydrogen) atoms. The summed E-state index contributed by atoms with van der Waals surface area (Å²) in [5.74, 6) is -0.292. The molecule has 5 heteroatoms.